The number of rotatable bonds is 5. The second-order valence-corrected chi connectivity index (χ2v) is 8.90. The first-order chi connectivity index (χ1) is 14.2. The molecule has 5 rings (SSSR count). The van der Waals surface area contributed by atoms with Crippen LogP contribution in [0.4, 0.5) is 0 Å². The summed E-state index contributed by atoms with van der Waals surface area (Å²) in [4.78, 5) is 20.6. The molecule has 1 aliphatic heterocycles. The molecule has 0 unspecified atom stereocenters. The van der Waals surface area contributed by atoms with Gasteiger partial charge < -0.3 is 4.57 Å². The standard InChI is InChI=1S/C23H31N5O/c1-25-13-6-9-19(25)16-26-14-11-20(17-26)28-22-21(10-5-12-24-22)27(23(28)29)15-18-7-3-2-4-8-18/h5-6,9-10,12-13,18,20H,2-4,7-8,11,14-17H2,1H3/t20-/m1/s1. The Labute approximate surface area is 171 Å². The van der Waals surface area contributed by atoms with Gasteiger partial charge in [-0.15, -0.1) is 0 Å². The monoisotopic (exact) mass is 393 g/mol. The number of likely N-dealkylation sites (tertiary alicyclic amines) is 1. The van der Waals surface area contributed by atoms with Crippen LogP contribution < -0.4 is 5.69 Å². The summed E-state index contributed by atoms with van der Waals surface area (Å²) in [6, 6.07) is 8.50. The average Bonchev–Trinajstić information content (AvgIpc) is 3.43. The lowest BCUT2D eigenvalue weighted by Crippen LogP contribution is -2.31. The van der Waals surface area contributed by atoms with Crippen molar-refractivity contribution in [3.8, 4) is 0 Å². The van der Waals surface area contributed by atoms with Crippen molar-refractivity contribution in [2.45, 2.75) is 57.7 Å². The fourth-order valence-electron chi connectivity index (χ4n) is 5.30. The summed E-state index contributed by atoms with van der Waals surface area (Å²) in [6.45, 7) is 3.70. The van der Waals surface area contributed by atoms with Gasteiger partial charge in [-0.25, -0.2) is 9.78 Å². The van der Waals surface area contributed by atoms with Crippen molar-refractivity contribution in [3.05, 3.63) is 52.8 Å². The summed E-state index contributed by atoms with van der Waals surface area (Å²) in [5.74, 6) is 0.623. The third kappa shape index (κ3) is 3.54. The Morgan fingerprint density at radius 1 is 1.10 bits per heavy atom. The van der Waals surface area contributed by atoms with Crippen LogP contribution in [0.25, 0.3) is 11.2 Å². The van der Waals surface area contributed by atoms with Crippen molar-refractivity contribution < 1.29 is 0 Å². The van der Waals surface area contributed by atoms with Gasteiger partial charge in [0.2, 0.25) is 0 Å². The smallest absolute Gasteiger partial charge is 0.330 e. The average molecular weight is 394 g/mol. The molecule has 6 heteroatoms. The first-order valence-electron chi connectivity index (χ1n) is 11.1. The van der Waals surface area contributed by atoms with Crippen LogP contribution in [0.5, 0.6) is 0 Å². The Bertz CT molecular complexity index is 1040. The molecule has 0 N–H and O–H groups in total. The molecule has 1 saturated heterocycles. The van der Waals surface area contributed by atoms with E-state index in [4.69, 9.17) is 0 Å². The second kappa shape index (κ2) is 7.82. The lowest BCUT2D eigenvalue weighted by molar-refractivity contribution is 0.304. The van der Waals surface area contributed by atoms with Crippen molar-refractivity contribution in [1.29, 1.82) is 0 Å². The van der Waals surface area contributed by atoms with Crippen molar-refractivity contribution in [1.82, 2.24) is 23.6 Å². The molecule has 3 aromatic heterocycles. The maximum absolute atomic E-state index is 13.5. The minimum Gasteiger partial charge on any atom is -0.353 e. The van der Waals surface area contributed by atoms with Crippen LogP contribution in [0.2, 0.25) is 0 Å². The fraction of sp³-hybridized carbons (Fsp3) is 0.565. The van der Waals surface area contributed by atoms with Gasteiger partial charge in [0.05, 0.1) is 11.6 Å². The van der Waals surface area contributed by atoms with Gasteiger partial charge in [0, 0.05) is 51.3 Å². The minimum atomic E-state index is 0.134. The van der Waals surface area contributed by atoms with Gasteiger partial charge in [-0.1, -0.05) is 19.3 Å². The van der Waals surface area contributed by atoms with Crippen LogP contribution in [0.1, 0.15) is 50.3 Å². The van der Waals surface area contributed by atoms with E-state index in [9.17, 15) is 4.79 Å². The zero-order valence-electron chi connectivity index (χ0n) is 17.3. The molecule has 0 bridgehead atoms. The molecule has 0 aromatic carbocycles. The van der Waals surface area contributed by atoms with Crippen LogP contribution in [-0.4, -0.2) is 36.7 Å². The number of nitrogens with zero attached hydrogens (tertiary/aromatic N) is 5. The van der Waals surface area contributed by atoms with E-state index in [0.717, 1.165) is 43.8 Å². The highest BCUT2D eigenvalue weighted by Gasteiger charge is 2.29. The highest BCUT2D eigenvalue weighted by molar-refractivity contribution is 5.71. The molecule has 1 atom stereocenters. The summed E-state index contributed by atoms with van der Waals surface area (Å²) in [6.07, 6.45) is 11.3. The molecule has 0 amide bonds. The van der Waals surface area contributed by atoms with Gasteiger partial charge in [-0.3, -0.25) is 14.0 Å². The summed E-state index contributed by atoms with van der Waals surface area (Å²) < 4.78 is 6.18. The highest BCUT2D eigenvalue weighted by Crippen LogP contribution is 2.28. The zero-order chi connectivity index (χ0) is 19.8. The van der Waals surface area contributed by atoms with E-state index >= 15 is 0 Å². The molecule has 1 aliphatic carbocycles. The minimum absolute atomic E-state index is 0.134. The van der Waals surface area contributed by atoms with Gasteiger partial charge in [0.1, 0.15) is 0 Å². The Morgan fingerprint density at radius 3 is 2.76 bits per heavy atom. The molecule has 6 nitrogen and oxygen atoms in total. The first-order valence-corrected chi connectivity index (χ1v) is 11.1. The highest BCUT2D eigenvalue weighted by atomic mass is 16.1. The molecule has 0 spiro atoms. The molecule has 29 heavy (non-hydrogen) atoms. The van der Waals surface area contributed by atoms with Gasteiger partial charge >= 0.3 is 5.69 Å². The van der Waals surface area contributed by atoms with Crippen LogP contribution in [0, 0.1) is 5.92 Å². The van der Waals surface area contributed by atoms with E-state index in [1.54, 1.807) is 0 Å². The largest absolute Gasteiger partial charge is 0.353 e. The number of imidazole rings is 1. The van der Waals surface area contributed by atoms with Gasteiger partial charge in [-0.2, -0.15) is 0 Å². The van der Waals surface area contributed by atoms with Crippen LogP contribution in [0.15, 0.2) is 41.5 Å². The molecule has 2 aliphatic rings. The Kier molecular flexibility index (Phi) is 5.04. The molecule has 2 fully saturated rings. The lowest BCUT2D eigenvalue weighted by atomic mass is 9.89. The summed E-state index contributed by atoms with van der Waals surface area (Å²) in [7, 11) is 2.09. The maximum Gasteiger partial charge on any atom is 0.330 e. The number of fused-ring (bicyclic) bond motifs is 1. The third-order valence-corrected chi connectivity index (χ3v) is 6.94. The first kappa shape index (κ1) is 18.7. The van der Waals surface area contributed by atoms with Crippen molar-refractivity contribution in [2.24, 2.45) is 13.0 Å². The van der Waals surface area contributed by atoms with Crippen molar-refractivity contribution in [2.75, 3.05) is 13.1 Å². The molecular formula is C23H31N5O. The number of pyridine rings is 1. The normalized spacial score (nSPS) is 21.3. The molecular weight excluding hydrogens is 362 g/mol. The van der Waals surface area contributed by atoms with Crippen molar-refractivity contribution in [3.63, 3.8) is 0 Å². The molecule has 154 valence electrons. The predicted octanol–water partition coefficient (Wildman–Crippen LogP) is 3.56. The van der Waals surface area contributed by atoms with Crippen molar-refractivity contribution >= 4 is 11.2 Å². The van der Waals surface area contributed by atoms with Gasteiger partial charge in [-0.05, 0) is 49.4 Å². The Balaban J connectivity index is 1.42. The molecule has 0 radical (unpaired) electrons. The zero-order valence-corrected chi connectivity index (χ0v) is 17.3. The molecule has 3 aromatic rings. The lowest BCUT2D eigenvalue weighted by Gasteiger charge is -2.21. The van der Waals surface area contributed by atoms with E-state index in [0.29, 0.717) is 5.92 Å². The van der Waals surface area contributed by atoms with Crippen LogP contribution in [-0.2, 0) is 20.1 Å². The van der Waals surface area contributed by atoms with E-state index in [-0.39, 0.29) is 11.7 Å². The van der Waals surface area contributed by atoms with Crippen LogP contribution in [0.3, 0.4) is 0 Å². The van der Waals surface area contributed by atoms with E-state index < -0.39 is 0 Å². The topological polar surface area (TPSA) is 48.0 Å². The quantitative estimate of drug-likeness (QED) is 0.666. The fourth-order valence-corrected chi connectivity index (χ4v) is 5.30. The van der Waals surface area contributed by atoms with Gasteiger partial charge in [0.25, 0.3) is 0 Å². The van der Waals surface area contributed by atoms with E-state index in [1.165, 1.54) is 37.8 Å². The second-order valence-electron chi connectivity index (χ2n) is 8.90. The SMILES string of the molecule is Cn1cccc1CN1CC[C@@H](n2c(=O)n(CC3CCCCC3)c3cccnc32)C1. The van der Waals surface area contributed by atoms with E-state index in [2.05, 4.69) is 45.9 Å². The van der Waals surface area contributed by atoms with E-state index in [1.807, 2.05) is 21.4 Å². The Morgan fingerprint density at radius 2 is 1.97 bits per heavy atom. The van der Waals surface area contributed by atoms with Crippen LogP contribution >= 0.6 is 0 Å². The molecule has 1 saturated carbocycles. The maximum atomic E-state index is 13.5. The Hall–Kier alpha value is -2.34. The van der Waals surface area contributed by atoms with Gasteiger partial charge in [0.15, 0.2) is 5.65 Å². The predicted molar refractivity (Wildman–Crippen MR) is 115 cm³/mol. The number of aromatic nitrogens is 4. The summed E-state index contributed by atoms with van der Waals surface area (Å²) in [5, 5.41) is 0. The third-order valence-electron chi connectivity index (χ3n) is 6.94. The number of hydrogen-bond donors (Lipinski definition) is 0. The number of aryl methyl sites for hydroxylation is 1. The summed E-state index contributed by atoms with van der Waals surface area (Å²) in [5.41, 5.74) is 3.31. The summed E-state index contributed by atoms with van der Waals surface area (Å²) >= 11 is 0. The molecule has 4 heterocycles. The number of hydrogen-bond acceptors (Lipinski definition) is 3.